The predicted molar refractivity (Wildman–Crippen MR) is 205 cm³/mol. The molecule has 0 bridgehead atoms. The minimum atomic E-state index is -0.531. The molecule has 2 aliphatic heterocycles. The molecule has 3 aromatic rings. The summed E-state index contributed by atoms with van der Waals surface area (Å²) in [4.78, 5) is 13.8. The van der Waals surface area contributed by atoms with Gasteiger partial charge in [0.1, 0.15) is 5.75 Å². The molecule has 2 aliphatic rings. The number of unbranched alkanes of at least 4 members (excludes halogenated alkanes) is 9. The number of ether oxygens (including phenoxy) is 5. The molecule has 0 amide bonds. The van der Waals surface area contributed by atoms with E-state index in [1.165, 1.54) is 64.2 Å². The van der Waals surface area contributed by atoms with Gasteiger partial charge in [0.2, 0.25) is 0 Å². The number of rotatable bonds is 19. The van der Waals surface area contributed by atoms with Gasteiger partial charge in [-0.25, -0.2) is 4.79 Å². The van der Waals surface area contributed by atoms with Gasteiger partial charge in [0.05, 0.1) is 31.0 Å². The van der Waals surface area contributed by atoms with E-state index >= 15 is 0 Å². The van der Waals surface area contributed by atoms with Crippen LogP contribution in [0.1, 0.15) is 138 Å². The van der Waals surface area contributed by atoms with E-state index in [0.717, 1.165) is 41.5 Å². The highest BCUT2D eigenvalue weighted by Crippen LogP contribution is 2.36. The van der Waals surface area contributed by atoms with Crippen LogP contribution in [-0.2, 0) is 18.9 Å². The zero-order valence-electron chi connectivity index (χ0n) is 31.2. The maximum Gasteiger partial charge on any atom is 0.344 e. The SMILES string of the molecule is C=CCCCCCCC1COC(c2ccc(OC(=O)c3cc(C4OCC(CCCCCCCC)C(C)O4)ccc3-c3ccccc3)cc2)OC1C. The number of esters is 1. The topological polar surface area (TPSA) is 63.2 Å². The summed E-state index contributed by atoms with van der Waals surface area (Å²) in [6.07, 6.45) is 17.1. The Morgan fingerprint density at radius 3 is 1.90 bits per heavy atom. The van der Waals surface area contributed by atoms with E-state index in [-0.39, 0.29) is 12.2 Å². The standard InChI is InChI=1S/C45H60O6/c1-5-7-9-11-13-16-22-38-31-47-44(49-33(38)3)36-24-27-40(28-25-36)51-43(46)42-30-37(26-29-41(42)35-20-18-15-19-21-35)45-48-32-39(34(4)50-45)23-17-14-12-10-8-6-2/h5,15,18-21,24-30,33-34,38-39,44-45H,1,6-14,16-17,22-23,31-32H2,2-4H3. The predicted octanol–water partition coefficient (Wildman–Crippen LogP) is 12.0. The zero-order valence-corrected chi connectivity index (χ0v) is 31.2. The van der Waals surface area contributed by atoms with Crippen molar-refractivity contribution in [2.45, 2.75) is 129 Å². The molecule has 0 aromatic heterocycles. The first-order chi connectivity index (χ1) is 25.0. The number of carbonyl (C=O) groups excluding carboxylic acids is 1. The Morgan fingerprint density at radius 1 is 0.725 bits per heavy atom. The van der Waals surface area contributed by atoms with Crippen LogP contribution in [0, 0.1) is 11.8 Å². The third-order valence-electron chi connectivity index (χ3n) is 10.6. The summed E-state index contributed by atoms with van der Waals surface area (Å²) in [7, 11) is 0. The minimum Gasteiger partial charge on any atom is -0.423 e. The smallest absolute Gasteiger partial charge is 0.344 e. The van der Waals surface area contributed by atoms with Crippen molar-refractivity contribution in [3.8, 4) is 16.9 Å². The highest BCUT2D eigenvalue weighted by atomic mass is 16.7. The molecule has 6 unspecified atom stereocenters. The second-order valence-electron chi connectivity index (χ2n) is 14.5. The van der Waals surface area contributed by atoms with E-state index in [9.17, 15) is 4.79 Å². The minimum absolute atomic E-state index is 0.0746. The van der Waals surface area contributed by atoms with Crippen molar-refractivity contribution < 1.29 is 28.5 Å². The van der Waals surface area contributed by atoms with Crippen molar-refractivity contribution in [3.63, 3.8) is 0 Å². The molecule has 2 fully saturated rings. The lowest BCUT2D eigenvalue weighted by atomic mass is 9.94. The first-order valence-corrected chi connectivity index (χ1v) is 19.6. The van der Waals surface area contributed by atoms with Crippen molar-refractivity contribution in [1.29, 1.82) is 0 Å². The normalized spacial score (nSPS) is 23.5. The van der Waals surface area contributed by atoms with Gasteiger partial charge < -0.3 is 23.7 Å². The number of hydrogen-bond donors (Lipinski definition) is 0. The van der Waals surface area contributed by atoms with Crippen molar-refractivity contribution in [2.75, 3.05) is 13.2 Å². The number of hydrogen-bond acceptors (Lipinski definition) is 6. The molecule has 5 rings (SSSR count). The number of allylic oxidation sites excluding steroid dienone is 1. The fourth-order valence-corrected chi connectivity index (χ4v) is 7.21. The number of benzene rings is 3. The van der Waals surface area contributed by atoms with Crippen LogP contribution in [0.2, 0.25) is 0 Å². The Hall–Kier alpha value is -3.29. The fourth-order valence-electron chi connectivity index (χ4n) is 7.21. The Morgan fingerprint density at radius 2 is 1.29 bits per heavy atom. The Labute approximate surface area is 306 Å². The summed E-state index contributed by atoms with van der Waals surface area (Å²) in [5, 5.41) is 0. The van der Waals surface area contributed by atoms with Gasteiger partial charge in [-0.1, -0.05) is 125 Å². The van der Waals surface area contributed by atoms with Crippen LogP contribution in [0.3, 0.4) is 0 Å². The highest BCUT2D eigenvalue weighted by molar-refractivity contribution is 5.98. The molecule has 2 saturated heterocycles. The third kappa shape index (κ3) is 11.6. The van der Waals surface area contributed by atoms with Gasteiger partial charge in [-0.3, -0.25) is 0 Å². The first kappa shape index (κ1) is 38.9. The number of carbonyl (C=O) groups is 1. The van der Waals surface area contributed by atoms with Crippen LogP contribution in [0.25, 0.3) is 11.1 Å². The lowest BCUT2D eigenvalue weighted by Gasteiger charge is -2.35. The molecule has 51 heavy (non-hydrogen) atoms. The molecule has 6 nitrogen and oxygen atoms in total. The monoisotopic (exact) mass is 696 g/mol. The quantitative estimate of drug-likeness (QED) is 0.0538. The lowest BCUT2D eigenvalue weighted by molar-refractivity contribution is -0.237. The van der Waals surface area contributed by atoms with E-state index in [4.69, 9.17) is 23.7 Å². The summed E-state index contributed by atoms with van der Waals surface area (Å²) < 4.78 is 31.1. The van der Waals surface area contributed by atoms with Crippen molar-refractivity contribution >= 4 is 5.97 Å². The molecule has 0 radical (unpaired) electrons. The molecule has 0 saturated carbocycles. The van der Waals surface area contributed by atoms with Crippen molar-refractivity contribution in [3.05, 3.63) is 102 Å². The van der Waals surface area contributed by atoms with Gasteiger partial charge in [0, 0.05) is 23.0 Å². The molecular formula is C45H60O6. The summed E-state index contributed by atoms with van der Waals surface area (Å²) in [5.74, 6) is 0.802. The fraction of sp³-hybridized carbons (Fsp3) is 0.533. The van der Waals surface area contributed by atoms with Gasteiger partial charge in [-0.15, -0.1) is 6.58 Å². The van der Waals surface area contributed by atoms with Crippen LogP contribution in [0.4, 0.5) is 0 Å². The molecule has 276 valence electrons. The van der Waals surface area contributed by atoms with Gasteiger partial charge in [-0.05, 0) is 68.9 Å². The second kappa shape index (κ2) is 20.7. The zero-order chi connectivity index (χ0) is 35.8. The molecule has 0 N–H and O–H groups in total. The third-order valence-corrected chi connectivity index (χ3v) is 10.6. The molecule has 3 aromatic carbocycles. The average Bonchev–Trinajstić information content (AvgIpc) is 3.16. The molecule has 0 spiro atoms. The van der Waals surface area contributed by atoms with Gasteiger partial charge >= 0.3 is 5.97 Å². The molecule has 6 atom stereocenters. The first-order valence-electron chi connectivity index (χ1n) is 19.6. The van der Waals surface area contributed by atoms with Crippen LogP contribution < -0.4 is 4.74 Å². The molecular weight excluding hydrogens is 636 g/mol. The van der Waals surface area contributed by atoms with Gasteiger partial charge in [0.15, 0.2) is 12.6 Å². The van der Waals surface area contributed by atoms with Gasteiger partial charge in [-0.2, -0.15) is 0 Å². The van der Waals surface area contributed by atoms with Crippen LogP contribution >= 0.6 is 0 Å². The van der Waals surface area contributed by atoms with Crippen molar-refractivity contribution in [2.24, 2.45) is 11.8 Å². The van der Waals surface area contributed by atoms with E-state index in [2.05, 4.69) is 27.4 Å². The molecule has 6 heteroatoms. The van der Waals surface area contributed by atoms with E-state index in [0.29, 0.717) is 36.4 Å². The maximum absolute atomic E-state index is 13.8. The summed E-state index contributed by atoms with van der Waals surface area (Å²) in [5.41, 5.74) is 3.93. The van der Waals surface area contributed by atoms with E-state index in [1.807, 2.05) is 78.9 Å². The van der Waals surface area contributed by atoms with Gasteiger partial charge in [0.25, 0.3) is 0 Å². The second-order valence-corrected chi connectivity index (χ2v) is 14.5. The van der Waals surface area contributed by atoms with Crippen LogP contribution in [-0.4, -0.2) is 31.4 Å². The summed E-state index contributed by atoms with van der Waals surface area (Å²) >= 11 is 0. The molecule has 2 heterocycles. The van der Waals surface area contributed by atoms with Crippen molar-refractivity contribution in [1.82, 2.24) is 0 Å². The molecule has 0 aliphatic carbocycles. The Balaban J connectivity index is 1.19. The Bertz CT molecular complexity index is 1470. The summed E-state index contributed by atoms with van der Waals surface area (Å²) in [6.45, 7) is 11.7. The largest absolute Gasteiger partial charge is 0.423 e. The lowest BCUT2D eigenvalue weighted by Crippen LogP contribution is -2.34. The van der Waals surface area contributed by atoms with E-state index in [1.54, 1.807) is 0 Å². The maximum atomic E-state index is 13.8. The van der Waals surface area contributed by atoms with Crippen LogP contribution in [0.15, 0.2) is 85.5 Å². The van der Waals surface area contributed by atoms with E-state index < -0.39 is 18.5 Å². The average molecular weight is 697 g/mol. The van der Waals surface area contributed by atoms with Crippen LogP contribution in [0.5, 0.6) is 5.75 Å². The highest BCUT2D eigenvalue weighted by Gasteiger charge is 2.31. The Kier molecular flexibility index (Phi) is 15.8. The summed E-state index contributed by atoms with van der Waals surface area (Å²) in [6, 6.07) is 23.2.